The molecule has 0 unspecified atom stereocenters. The molecule has 0 aliphatic heterocycles. The Morgan fingerprint density at radius 2 is 2.04 bits per heavy atom. The Kier molecular flexibility index (Phi) is 6.03. The van der Waals surface area contributed by atoms with E-state index in [9.17, 15) is 12.8 Å². The zero-order valence-electron chi connectivity index (χ0n) is 15.3. The first kappa shape index (κ1) is 19.4. The molecule has 0 heterocycles. The summed E-state index contributed by atoms with van der Waals surface area (Å²) in [6, 6.07) is 4.72. The molecule has 0 atom stereocenters. The average molecular weight is 382 g/mol. The van der Waals surface area contributed by atoms with Gasteiger partial charge in [0.05, 0.1) is 17.9 Å². The quantitative estimate of drug-likeness (QED) is 0.650. The van der Waals surface area contributed by atoms with E-state index < -0.39 is 21.4 Å². The summed E-state index contributed by atoms with van der Waals surface area (Å²) in [5.74, 6) is 0.399. The van der Waals surface area contributed by atoms with E-state index in [1.54, 1.807) is 12.1 Å². The van der Waals surface area contributed by atoms with E-state index in [4.69, 9.17) is 4.74 Å². The monoisotopic (exact) mass is 381 g/mol. The van der Waals surface area contributed by atoms with Crippen LogP contribution in [0.5, 0.6) is 5.75 Å². The number of halogens is 1. The standard InChI is InChI=1S/C20H28FNO3S/c1-2-3-6-13-26(23,24)22-20(11-12-20)17-9-10-18(21)19(14-17)25-15-16-7-4-5-8-16/h2-3,9-10,14,16,22H,4-8,11-13,15H2,1H3/b3-2+. The highest BCUT2D eigenvalue weighted by Crippen LogP contribution is 2.47. The van der Waals surface area contributed by atoms with Crippen molar-refractivity contribution >= 4 is 10.0 Å². The lowest BCUT2D eigenvalue weighted by Crippen LogP contribution is -2.36. The summed E-state index contributed by atoms with van der Waals surface area (Å²) in [6.45, 7) is 2.40. The minimum absolute atomic E-state index is 0.0608. The van der Waals surface area contributed by atoms with Gasteiger partial charge in [-0.15, -0.1) is 0 Å². The first-order chi connectivity index (χ1) is 12.4. The Morgan fingerprint density at radius 3 is 2.69 bits per heavy atom. The van der Waals surface area contributed by atoms with E-state index >= 15 is 0 Å². The van der Waals surface area contributed by atoms with Gasteiger partial charge >= 0.3 is 0 Å². The number of nitrogens with one attached hydrogen (secondary N) is 1. The maximum atomic E-state index is 14.1. The minimum Gasteiger partial charge on any atom is -0.490 e. The van der Waals surface area contributed by atoms with E-state index in [1.165, 1.54) is 18.9 Å². The summed E-state index contributed by atoms with van der Waals surface area (Å²) in [5.41, 5.74) is 0.184. The Labute approximate surface area is 155 Å². The topological polar surface area (TPSA) is 55.4 Å². The van der Waals surface area contributed by atoms with Crippen LogP contribution in [0.15, 0.2) is 30.4 Å². The van der Waals surface area contributed by atoms with Gasteiger partial charge in [-0.3, -0.25) is 0 Å². The highest BCUT2D eigenvalue weighted by molar-refractivity contribution is 7.89. The van der Waals surface area contributed by atoms with Crippen LogP contribution in [-0.2, 0) is 15.6 Å². The smallest absolute Gasteiger partial charge is 0.212 e. The van der Waals surface area contributed by atoms with Gasteiger partial charge in [0.15, 0.2) is 11.6 Å². The number of rotatable bonds is 9. The summed E-state index contributed by atoms with van der Waals surface area (Å²) >= 11 is 0. The maximum Gasteiger partial charge on any atom is 0.212 e. The highest BCUT2D eigenvalue weighted by Gasteiger charge is 2.47. The number of benzene rings is 1. The molecule has 0 bridgehead atoms. The molecule has 0 aromatic heterocycles. The van der Waals surface area contributed by atoms with Crippen LogP contribution in [0.3, 0.4) is 0 Å². The van der Waals surface area contributed by atoms with E-state index in [0.717, 1.165) is 31.2 Å². The molecule has 0 radical (unpaired) electrons. The Morgan fingerprint density at radius 1 is 1.31 bits per heavy atom. The molecule has 0 spiro atoms. The summed E-state index contributed by atoms with van der Waals surface area (Å²) in [7, 11) is -3.38. The van der Waals surface area contributed by atoms with Crippen molar-refractivity contribution in [1.82, 2.24) is 4.72 Å². The van der Waals surface area contributed by atoms with Crippen LogP contribution in [0.2, 0.25) is 0 Å². The number of hydrogen-bond acceptors (Lipinski definition) is 3. The predicted octanol–water partition coefficient (Wildman–Crippen LogP) is 4.27. The van der Waals surface area contributed by atoms with Crippen molar-refractivity contribution in [2.45, 2.75) is 57.4 Å². The third kappa shape index (κ3) is 4.86. The van der Waals surface area contributed by atoms with Gasteiger partial charge in [-0.2, -0.15) is 0 Å². The molecule has 2 aliphatic carbocycles. The normalized spacial score (nSPS) is 19.9. The predicted molar refractivity (Wildman–Crippen MR) is 101 cm³/mol. The van der Waals surface area contributed by atoms with Crippen molar-refractivity contribution in [3.63, 3.8) is 0 Å². The number of sulfonamides is 1. The fourth-order valence-corrected chi connectivity index (χ4v) is 5.08. The van der Waals surface area contributed by atoms with Crippen molar-refractivity contribution in [2.24, 2.45) is 5.92 Å². The lowest BCUT2D eigenvalue weighted by Gasteiger charge is -2.19. The molecule has 3 rings (SSSR count). The Hall–Kier alpha value is -1.40. The average Bonchev–Trinajstić information content (AvgIpc) is 3.17. The molecule has 2 fully saturated rings. The molecule has 1 aromatic carbocycles. The van der Waals surface area contributed by atoms with E-state index in [-0.39, 0.29) is 11.5 Å². The molecule has 2 saturated carbocycles. The van der Waals surface area contributed by atoms with Crippen molar-refractivity contribution in [3.05, 3.63) is 41.7 Å². The van der Waals surface area contributed by atoms with Crippen LogP contribution in [0.25, 0.3) is 0 Å². The number of hydrogen-bond donors (Lipinski definition) is 1. The van der Waals surface area contributed by atoms with Gasteiger partial charge in [0.1, 0.15) is 0 Å². The third-order valence-corrected chi connectivity index (χ3v) is 6.80. The van der Waals surface area contributed by atoms with Gasteiger partial charge < -0.3 is 4.74 Å². The van der Waals surface area contributed by atoms with Crippen LogP contribution in [0.4, 0.5) is 4.39 Å². The lowest BCUT2D eigenvalue weighted by molar-refractivity contribution is 0.241. The molecule has 4 nitrogen and oxygen atoms in total. The van der Waals surface area contributed by atoms with Gasteiger partial charge in [0.25, 0.3) is 0 Å². The maximum absolute atomic E-state index is 14.1. The molecule has 0 saturated heterocycles. The summed E-state index contributed by atoms with van der Waals surface area (Å²) < 4.78 is 47.4. The van der Waals surface area contributed by atoms with E-state index in [2.05, 4.69) is 4.72 Å². The fraction of sp³-hybridized carbons (Fsp3) is 0.600. The van der Waals surface area contributed by atoms with Gasteiger partial charge in [0.2, 0.25) is 10.0 Å². The van der Waals surface area contributed by atoms with Crippen molar-refractivity contribution in [3.8, 4) is 5.75 Å². The van der Waals surface area contributed by atoms with Crippen LogP contribution < -0.4 is 9.46 Å². The molecule has 26 heavy (non-hydrogen) atoms. The first-order valence-electron chi connectivity index (χ1n) is 9.50. The van der Waals surface area contributed by atoms with Crippen molar-refractivity contribution in [1.29, 1.82) is 0 Å². The van der Waals surface area contributed by atoms with Gasteiger partial charge in [0, 0.05) is 0 Å². The third-order valence-electron chi connectivity index (χ3n) is 5.32. The zero-order chi connectivity index (χ0) is 18.6. The van der Waals surface area contributed by atoms with Crippen molar-refractivity contribution < 1.29 is 17.5 Å². The van der Waals surface area contributed by atoms with Crippen LogP contribution in [0.1, 0.15) is 57.4 Å². The van der Waals surface area contributed by atoms with Crippen LogP contribution in [0, 0.1) is 11.7 Å². The molecular weight excluding hydrogens is 353 g/mol. The zero-order valence-corrected chi connectivity index (χ0v) is 16.2. The van der Waals surface area contributed by atoms with Crippen LogP contribution in [-0.4, -0.2) is 20.8 Å². The molecule has 0 amide bonds. The van der Waals surface area contributed by atoms with Crippen molar-refractivity contribution in [2.75, 3.05) is 12.4 Å². The summed E-state index contributed by atoms with van der Waals surface area (Å²) in [6.07, 6.45) is 10.3. The highest BCUT2D eigenvalue weighted by atomic mass is 32.2. The molecule has 1 aromatic rings. The number of ether oxygens (including phenoxy) is 1. The Balaban J connectivity index is 1.68. The molecular formula is C20H28FNO3S. The van der Waals surface area contributed by atoms with Crippen LogP contribution >= 0.6 is 0 Å². The molecule has 144 valence electrons. The molecule has 1 N–H and O–H groups in total. The molecule has 6 heteroatoms. The van der Waals surface area contributed by atoms with Gasteiger partial charge in [-0.25, -0.2) is 17.5 Å². The largest absolute Gasteiger partial charge is 0.490 e. The second-order valence-electron chi connectivity index (χ2n) is 7.47. The Bertz CT molecular complexity index is 750. The second-order valence-corrected chi connectivity index (χ2v) is 9.31. The minimum atomic E-state index is -3.38. The molecule has 2 aliphatic rings. The van der Waals surface area contributed by atoms with Gasteiger partial charge in [-0.05, 0) is 62.6 Å². The van der Waals surface area contributed by atoms with E-state index in [0.29, 0.717) is 18.9 Å². The van der Waals surface area contributed by atoms with Gasteiger partial charge in [-0.1, -0.05) is 31.1 Å². The SMILES string of the molecule is C/C=C/CCS(=O)(=O)NC1(c2ccc(F)c(OCC3CCCC3)c2)CC1. The fourth-order valence-electron chi connectivity index (χ4n) is 3.61. The first-order valence-corrected chi connectivity index (χ1v) is 11.1. The summed E-state index contributed by atoms with van der Waals surface area (Å²) in [5, 5.41) is 0. The number of allylic oxidation sites excluding steroid dienone is 2. The van der Waals surface area contributed by atoms with E-state index in [1.807, 2.05) is 19.1 Å². The summed E-state index contributed by atoms with van der Waals surface area (Å²) in [4.78, 5) is 0. The second kappa shape index (κ2) is 8.09. The lowest BCUT2D eigenvalue weighted by atomic mass is 10.1.